The largest absolute Gasteiger partial charge is 0.363 e. The monoisotopic (exact) mass is 343 g/mol. The molecule has 0 spiro atoms. The first kappa shape index (κ1) is 14.9. The van der Waals surface area contributed by atoms with E-state index >= 15 is 0 Å². The third-order valence-electron chi connectivity index (χ3n) is 2.99. The molecule has 0 bridgehead atoms. The number of benzene rings is 1. The molecular weight excluding hydrogens is 330 g/mol. The van der Waals surface area contributed by atoms with Crippen molar-refractivity contribution >= 4 is 33.2 Å². The minimum atomic E-state index is -0.496. The number of non-ortho nitro benzene ring substituents is 1. The van der Waals surface area contributed by atoms with Gasteiger partial charge < -0.3 is 15.4 Å². The lowest BCUT2D eigenvalue weighted by Gasteiger charge is -2.38. The summed E-state index contributed by atoms with van der Waals surface area (Å²) in [5, 5.41) is 16.3. The van der Waals surface area contributed by atoms with Crippen molar-refractivity contribution < 1.29 is 14.5 Å². The fourth-order valence-electron chi connectivity index (χ4n) is 1.72. The Kier molecular flexibility index (Phi) is 4.36. The molecule has 1 amide bonds. The van der Waals surface area contributed by atoms with E-state index in [2.05, 4.69) is 26.6 Å². The summed E-state index contributed by atoms with van der Waals surface area (Å²) in [7, 11) is 0. The number of nitrogens with one attached hydrogen (secondary N) is 2. The smallest absolute Gasteiger partial charge is 0.270 e. The SMILES string of the molecule is CC1(OCC(=O)Nc2ccc([N+](=O)[O-])cc2Br)CNC1. The summed E-state index contributed by atoms with van der Waals surface area (Å²) >= 11 is 3.19. The van der Waals surface area contributed by atoms with Crippen LogP contribution in [0.4, 0.5) is 11.4 Å². The van der Waals surface area contributed by atoms with Crippen molar-refractivity contribution in [2.75, 3.05) is 25.0 Å². The molecule has 8 heteroatoms. The van der Waals surface area contributed by atoms with Crippen molar-refractivity contribution in [2.45, 2.75) is 12.5 Å². The van der Waals surface area contributed by atoms with Gasteiger partial charge in [-0.05, 0) is 28.9 Å². The molecule has 0 radical (unpaired) electrons. The first-order valence-corrected chi connectivity index (χ1v) is 6.77. The second kappa shape index (κ2) is 5.86. The van der Waals surface area contributed by atoms with Gasteiger partial charge in [-0.15, -0.1) is 0 Å². The Hall–Kier alpha value is -1.51. The maximum Gasteiger partial charge on any atom is 0.270 e. The Balaban J connectivity index is 1.92. The zero-order valence-electron chi connectivity index (χ0n) is 10.8. The predicted molar refractivity (Wildman–Crippen MR) is 76.7 cm³/mol. The number of anilines is 1. The molecule has 0 saturated carbocycles. The van der Waals surface area contributed by atoms with Crippen LogP contribution in [0.3, 0.4) is 0 Å². The van der Waals surface area contributed by atoms with Crippen LogP contribution in [0.25, 0.3) is 0 Å². The first-order chi connectivity index (χ1) is 9.39. The zero-order valence-corrected chi connectivity index (χ0v) is 12.4. The van der Waals surface area contributed by atoms with E-state index in [1.54, 1.807) is 0 Å². The maximum atomic E-state index is 11.8. The zero-order chi connectivity index (χ0) is 14.8. The highest BCUT2D eigenvalue weighted by Gasteiger charge is 2.33. The van der Waals surface area contributed by atoms with E-state index in [0.717, 1.165) is 13.1 Å². The first-order valence-electron chi connectivity index (χ1n) is 5.98. The van der Waals surface area contributed by atoms with Crippen molar-refractivity contribution in [2.24, 2.45) is 0 Å². The third-order valence-corrected chi connectivity index (χ3v) is 3.64. The van der Waals surface area contributed by atoms with Gasteiger partial charge in [-0.1, -0.05) is 0 Å². The number of halogens is 1. The normalized spacial score (nSPS) is 16.3. The van der Waals surface area contributed by atoms with Crippen LogP contribution in [0.2, 0.25) is 0 Å². The average molecular weight is 344 g/mol. The van der Waals surface area contributed by atoms with E-state index < -0.39 is 4.92 Å². The maximum absolute atomic E-state index is 11.8. The van der Waals surface area contributed by atoms with Crippen LogP contribution in [0, 0.1) is 10.1 Å². The number of nitrogens with zero attached hydrogens (tertiary/aromatic N) is 1. The number of ether oxygens (including phenoxy) is 1. The molecule has 1 aliphatic heterocycles. The topological polar surface area (TPSA) is 93.5 Å². The summed E-state index contributed by atoms with van der Waals surface area (Å²) in [4.78, 5) is 21.9. The Bertz CT molecular complexity index is 546. The standard InChI is InChI=1S/C12H14BrN3O4/c1-12(6-14-7-12)20-5-11(17)15-10-3-2-8(16(18)19)4-9(10)13/h2-4,14H,5-7H2,1H3,(H,15,17). The minimum Gasteiger partial charge on any atom is -0.363 e. The summed E-state index contributed by atoms with van der Waals surface area (Å²) < 4.78 is 5.96. The van der Waals surface area contributed by atoms with Crippen LogP contribution in [-0.4, -0.2) is 36.1 Å². The molecule has 0 unspecified atom stereocenters. The second-order valence-electron chi connectivity index (χ2n) is 4.81. The van der Waals surface area contributed by atoms with E-state index in [9.17, 15) is 14.9 Å². The molecule has 0 aliphatic carbocycles. The number of hydrogen-bond acceptors (Lipinski definition) is 5. The molecule has 1 heterocycles. The lowest BCUT2D eigenvalue weighted by molar-refractivity contribution is -0.384. The van der Waals surface area contributed by atoms with E-state index in [1.165, 1.54) is 18.2 Å². The molecule has 108 valence electrons. The molecular formula is C12H14BrN3O4. The molecule has 1 aromatic carbocycles. The van der Waals surface area contributed by atoms with Gasteiger partial charge in [-0.25, -0.2) is 0 Å². The van der Waals surface area contributed by atoms with Gasteiger partial charge in [-0.3, -0.25) is 14.9 Å². The third kappa shape index (κ3) is 3.53. The van der Waals surface area contributed by atoms with Gasteiger partial charge in [0.05, 0.1) is 16.2 Å². The van der Waals surface area contributed by atoms with Crippen LogP contribution in [0.1, 0.15) is 6.92 Å². The lowest BCUT2D eigenvalue weighted by atomic mass is 10.0. The van der Waals surface area contributed by atoms with Crippen molar-refractivity contribution in [3.63, 3.8) is 0 Å². The van der Waals surface area contributed by atoms with Crippen LogP contribution in [0.15, 0.2) is 22.7 Å². The van der Waals surface area contributed by atoms with E-state index in [-0.39, 0.29) is 23.8 Å². The van der Waals surface area contributed by atoms with Crippen molar-refractivity contribution in [3.8, 4) is 0 Å². The molecule has 7 nitrogen and oxygen atoms in total. The minimum absolute atomic E-state index is 0.0424. The number of nitro benzene ring substituents is 1. The van der Waals surface area contributed by atoms with Crippen molar-refractivity contribution in [3.05, 3.63) is 32.8 Å². The molecule has 2 N–H and O–H groups in total. The fourth-order valence-corrected chi connectivity index (χ4v) is 2.19. The quantitative estimate of drug-likeness (QED) is 0.626. The van der Waals surface area contributed by atoms with Gasteiger partial charge in [-0.2, -0.15) is 0 Å². The van der Waals surface area contributed by atoms with Crippen LogP contribution >= 0.6 is 15.9 Å². The van der Waals surface area contributed by atoms with E-state index in [0.29, 0.717) is 10.2 Å². The number of rotatable bonds is 5. The second-order valence-corrected chi connectivity index (χ2v) is 5.67. The highest BCUT2D eigenvalue weighted by molar-refractivity contribution is 9.10. The molecule has 20 heavy (non-hydrogen) atoms. The van der Waals surface area contributed by atoms with Crippen molar-refractivity contribution in [1.82, 2.24) is 5.32 Å². The van der Waals surface area contributed by atoms with Gasteiger partial charge in [0, 0.05) is 29.7 Å². The number of nitro groups is 1. The highest BCUT2D eigenvalue weighted by atomic mass is 79.9. The van der Waals surface area contributed by atoms with Crippen LogP contribution in [0.5, 0.6) is 0 Å². The summed E-state index contributed by atoms with van der Waals surface area (Å²) in [6, 6.07) is 4.15. The molecule has 2 rings (SSSR count). The van der Waals surface area contributed by atoms with Crippen LogP contribution in [-0.2, 0) is 9.53 Å². The molecule has 0 atom stereocenters. The number of carbonyl (C=O) groups is 1. The van der Waals surface area contributed by atoms with E-state index in [1.807, 2.05) is 6.92 Å². The lowest BCUT2D eigenvalue weighted by Crippen LogP contribution is -2.59. The van der Waals surface area contributed by atoms with Gasteiger partial charge in [0.2, 0.25) is 5.91 Å². The summed E-state index contributed by atoms with van der Waals surface area (Å²) in [5.41, 5.74) is 0.143. The van der Waals surface area contributed by atoms with Crippen LogP contribution < -0.4 is 10.6 Å². The number of amides is 1. The molecule has 1 fully saturated rings. The summed E-state index contributed by atoms with van der Waals surface area (Å²) in [6.07, 6.45) is 0. The van der Waals surface area contributed by atoms with Gasteiger partial charge >= 0.3 is 0 Å². The summed E-state index contributed by atoms with van der Waals surface area (Å²) in [6.45, 7) is 3.32. The predicted octanol–water partition coefficient (Wildman–Crippen LogP) is 1.67. The van der Waals surface area contributed by atoms with Crippen molar-refractivity contribution in [1.29, 1.82) is 0 Å². The molecule has 0 aromatic heterocycles. The van der Waals surface area contributed by atoms with E-state index in [4.69, 9.17) is 4.74 Å². The van der Waals surface area contributed by atoms with Gasteiger partial charge in [0.25, 0.3) is 5.69 Å². The highest BCUT2D eigenvalue weighted by Crippen LogP contribution is 2.27. The number of carbonyl (C=O) groups excluding carboxylic acids is 1. The fraction of sp³-hybridized carbons (Fsp3) is 0.417. The molecule has 1 aliphatic rings. The molecule has 1 saturated heterocycles. The molecule has 1 aromatic rings. The van der Waals surface area contributed by atoms with Gasteiger partial charge in [0.15, 0.2) is 0 Å². The average Bonchev–Trinajstić information content (AvgIpc) is 2.36. The number of hydrogen-bond donors (Lipinski definition) is 2. The Morgan fingerprint density at radius 3 is 2.80 bits per heavy atom. The Morgan fingerprint density at radius 2 is 2.30 bits per heavy atom. The Labute approximate surface area is 124 Å². The summed E-state index contributed by atoms with van der Waals surface area (Å²) in [5.74, 6) is -0.298. The Morgan fingerprint density at radius 1 is 1.60 bits per heavy atom. The van der Waals surface area contributed by atoms with Gasteiger partial charge in [0.1, 0.15) is 6.61 Å².